The van der Waals surface area contributed by atoms with Crippen molar-refractivity contribution in [2.24, 2.45) is 0 Å². The molecule has 0 aromatic heterocycles. The molecule has 1 rings (SSSR count). The Balaban J connectivity index is 2.46. The van der Waals surface area contributed by atoms with Gasteiger partial charge in [-0.3, -0.25) is 4.79 Å². The molecule has 0 saturated heterocycles. The lowest BCUT2D eigenvalue weighted by atomic mass is 10.2. The van der Waals surface area contributed by atoms with Crippen LogP contribution in [-0.2, 0) is 16.1 Å². The van der Waals surface area contributed by atoms with Gasteiger partial charge in [0.05, 0.1) is 19.1 Å². The molecule has 0 aliphatic heterocycles. The van der Waals surface area contributed by atoms with E-state index in [1.165, 1.54) is 0 Å². The molecule has 0 fully saturated rings. The van der Waals surface area contributed by atoms with Gasteiger partial charge in [-0.15, -0.1) is 0 Å². The molecule has 5 heteroatoms. The lowest BCUT2D eigenvalue weighted by molar-refractivity contribution is -0.144. The van der Waals surface area contributed by atoms with Gasteiger partial charge in [0.15, 0.2) is 0 Å². The average Bonchev–Trinajstić information content (AvgIpc) is 2.35. The summed E-state index contributed by atoms with van der Waals surface area (Å²) in [6.07, 6.45) is -2.92. The van der Waals surface area contributed by atoms with Gasteiger partial charge in [0, 0.05) is 6.54 Å². The Morgan fingerprint density at radius 1 is 1.33 bits per heavy atom. The van der Waals surface area contributed by atoms with Gasteiger partial charge in [0.1, 0.15) is 0 Å². The van der Waals surface area contributed by atoms with Gasteiger partial charge >= 0.3 is 5.97 Å². The standard InChI is InChI=1S/C13H17F2NO2/c1-2-18-12(17)8-11(13(14)15)16-9-10-6-4-3-5-7-10/h3-7,11,13,16H,2,8-9H2,1H3/t11-/m0/s1. The van der Waals surface area contributed by atoms with E-state index in [0.717, 1.165) is 5.56 Å². The summed E-state index contributed by atoms with van der Waals surface area (Å²) in [6, 6.07) is 8.01. The normalized spacial score (nSPS) is 12.4. The zero-order chi connectivity index (χ0) is 13.4. The summed E-state index contributed by atoms with van der Waals surface area (Å²) in [7, 11) is 0. The second-order valence-electron chi connectivity index (χ2n) is 3.82. The summed E-state index contributed by atoms with van der Waals surface area (Å²) in [6.45, 7) is 2.15. The molecule has 0 unspecified atom stereocenters. The van der Waals surface area contributed by atoms with Crippen LogP contribution in [0.1, 0.15) is 18.9 Å². The van der Waals surface area contributed by atoms with Crippen LogP contribution in [0.5, 0.6) is 0 Å². The van der Waals surface area contributed by atoms with Crippen LogP contribution in [0.25, 0.3) is 0 Å². The second kappa shape index (κ2) is 7.76. The van der Waals surface area contributed by atoms with Crippen molar-refractivity contribution in [1.29, 1.82) is 0 Å². The molecule has 0 aliphatic rings. The highest BCUT2D eigenvalue weighted by Crippen LogP contribution is 2.08. The summed E-state index contributed by atoms with van der Waals surface area (Å²) in [4.78, 5) is 11.2. The van der Waals surface area contributed by atoms with Gasteiger partial charge in [-0.1, -0.05) is 30.3 Å². The van der Waals surface area contributed by atoms with E-state index < -0.39 is 18.4 Å². The minimum absolute atomic E-state index is 0.202. The zero-order valence-corrected chi connectivity index (χ0v) is 10.2. The van der Waals surface area contributed by atoms with Crippen LogP contribution in [0, 0.1) is 0 Å². The van der Waals surface area contributed by atoms with E-state index in [0.29, 0.717) is 6.54 Å². The second-order valence-corrected chi connectivity index (χ2v) is 3.82. The minimum Gasteiger partial charge on any atom is -0.466 e. The van der Waals surface area contributed by atoms with E-state index >= 15 is 0 Å². The quantitative estimate of drug-likeness (QED) is 0.762. The first-order chi connectivity index (χ1) is 8.63. The Labute approximate surface area is 105 Å². The number of carbonyl (C=O) groups excluding carboxylic acids is 1. The van der Waals surface area contributed by atoms with Crippen LogP contribution in [-0.4, -0.2) is 25.0 Å². The number of halogens is 2. The van der Waals surface area contributed by atoms with E-state index in [2.05, 4.69) is 10.1 Å². The largest absolute Gasteiger partial charge is 0.466 e. The first-order valence-electron chi connectivity index (χ1n) is 5.84. The van der Waals surface area contributed by atoms with Gasteiger partial charge in [-0.2, -0.15) is 0 Å². The van der Waals surface area contributed by atoms with E-state index in [4.69, 9.17) is 0 Å². The Morgan fingerprint density at radius 2 is 2.00 bits per heavy atom. The van der Waals surface area contributed by atoms with Crippen LogP contribution < -0.4 is 5.32 Å². The van der Waals surface area contributed by atoms with E-state index in [-0.39, 0.29) is 13.0 Å². The maximum Gasteiger partial charge on any atom is 0.307 e. The van der Waals surface area contributed by atoms with Crippen molar-refractivity contribution in [3.05, 3.63) is 35.9 Å². The van der Waals surface area contributed by atoms with E-state index in [1.54, 1.807) is 6.92 Å². The molecule has 0 saturated carbocycles. The van der Waals surface area contributed by atoms with Crippen LogP contribution in [0.4, 0.5) is 8.78 Å². The van der Waals surface area contributed by atoms with Crippen molar-refractivity contribution in [3.8, 4) is 0 Å². The van der Waals surface area contributed by atoms with E-state index in [1.807, 2.05) is 30.3 Å². The van der Waals surface area contributed by atoms with Crippen molar-refractivity contribution >= 4 is 5.97 Å². The molecule has 100 valence electrons. The predicted octanol–water partition coefficient (Wildman–Crippen LogP) is 2.36. The molecule has 1 atom stereocenters. The Bertz CT molecular complexity index is 357. The van der Waals surface area contributed by atoms with Gasteiger partial charge in [-0.25, -0.2) is 8.78 Å². The first-order valence-corrected chi connectivity index (χ1v) is 5.84. The minimum atomic E-state index is -2.60. The summed E-state index contributed by atoms with van der Waals surface area (Å²) in [5.74, 6) is -0.608. The molecule has 0 spiro atoms. The highest BCUT2D eigenvalue weighted by atomic mass is 19.3. The Hall–Kier alpha value is -1.49. The number of hydrogen-bond acceptors (Lipinski definition) is 3. The predicted molar refractivity (Wildman–Crippen MR) is 64.3 cm³/mol. The molecule has 0 heterocycles. The SMILES string of the molecule is CCOC(=O)C[C@H](NCc1ccccc1)C(F)F. The van der Waals surface area contributed by atoms with Crippen LogP contribution >= 0.6 is 0 Å². The van der Waals surface area contributed by atoms with E-state index in [9.17, 15) is 13.6 Å². The summed E-state index contributed by atoms with van der Waals surface area (Å²) >= 11 is 0. The Morgan fingerprint density at radius 3 is 2.56 bits per heavy atom. The van der Waals surface area contributed by atoms with Crippen LogP contribution in [0.15, 0.2) is 30.3 Å². The maximum absolute atomic E-state index is 12.7. The van der Waals surface area contributed by atoms with Gasteiger partial charge < -0.3 is 10.1 Å². The number of rotatable bonds is 7. The molecule has 1 aromatic rings. The van der Waals surface area contributed by atoms with Gasteiger partial charge in [-0.05, 0) is 12.5 Å². The maximum atomic E-state index is 12.7. The number of alkyl halides is 2. The first kappa shape index (κ1) is 14.6. The van der Waals surface area contributed by atoms with Crippen LogP contribution in [0.2, 0.25) is 0 Å². The van der Waals surface area contributed by atoms with Crippen molar-refractivity contribution in [2.75, 3.05) is 6.61 Å². The fraction of sp³-hybridized carbons (Fsp3) is 0.462. The molecule has 1 aromatic carbocycles. The average molecular weight is 257 g/mol. The molecule has 0 aliphatic carbocycles. The van der Waals surface area contributed by atoms with Crippen molar-refractivity contribution in [2.45, 2.75) is 32.4 Å². The summed E-state index contributed by atoms with van der Waals surface area (Å²) < 4.78 is 30.1. The molecular weight excluding hydrogens is 240 g/mol. The lowest BCUT2D eigenvalue weighted by Crippen LogP contribution is -2.37. The smallest absolute Gasteiger partial charge is 0.307 e. The topological polar surface area (TPSA) is 38.3 Å². The molecule has 0 bridgehead atoms. The molecule has 0 radical (unpaired) electrons. The van der Waals surface area contributed by atoms with Crippen LogP contribution in [0.3, 0.4) is 0 Å². The van der Waals surface area contributed by atoms with Crippen molar-refractivity contribution in [3.63, 3.8) is 0 Å². The number of ether oxygens (including phenoxy) is 1. The third-order valence-corrected chi connectivity index (χ3v) is 2.41. The molecule has 18 heavy (non-hydrogen) atoms. The Kier molecular flexibility index (Phi) is 6.28. The number of nitrogens with one attached hydrogen (secondary N) is 1. The molecule has 0 amide bonds. The van der Waals surface area contributed by atoms with Crippen molar-refractivity contribution < 1.29 is 18.3 Å². The summed E-state index contributed by atoms with van der Waals surface area (Å²) in [5, 5.41) is 2.67. The fourth-order valence-corrected chi connectivity index (χ4v) is 1.49. The zero-order valence-electron chi connectivity index (χ0n) is 10.2. The molecular formula is C13H17F2NO2. The monoisotopic (exact) mass is 257 g/mol. The third-order valence-electron chi connectivity index (χ3n) is 2.41. The number of esters is 1. The summed E-state index contributed by atoms with van der Waals surface area (Å²) in [5.41, 5.74) is 0.895. The van der Waals surface area contributed by atoms with Crippen molar-refractivity contribution in [1.82, 2.24) is 5.32 Å². The van der Waals surface area contributed by atoms with Gasteiger partial charge in [0.25, 0.3) is 6.43 Å². The number of benzene rings is 1. The fourth-order valence-electron chi connectivity index (χ4n) is 1.49. The molecule has 3 nitrogen and oxygen atoms in total. The highest BCUT2D eigenvalue weighted by molar-refractivity contribution is 5.70. The lowest BCUT2D eigenvalue weighted by Gasteiger charge is -2.17. The number of carbonyl (C=O) groups is 1. The van der Waals surface area contributed by atoms with Gasteiger partial charge in [0.2, 0.25) is 0 Å². The highest BCUT2D eigenvalue weighted by Gasteiger charge is 2.23. The third kappa shape index (κ3) is 5.23. The number of hydrogen-bond donors (Lipinski definition) is 1. The molecule has 1 N–H and O–H groups in total.